The molecule has 1 aromatic heterocycles. The van der Waals surface area contributed by atoms with Gasteiger partial charge in [0.1, 0.15) is 6.33 Å². The van der Waals surface area contributed by atoms with E-state index in [4.69, 9.17) is 11.6 Å². The number of anilines is 4. The molecule has 1 saturated heterocycles. The highest BCUT2D eigenvalue weighted by atomic mass is 35.5. The van der Waals surface area contributed by atoms with E-state index in [2.05, 4.69) is 20.2 Å². The number of nitrogens with zero attached hydrogens (tertiary/aromatic N) is 5. The maximum absolute atomic E-state index is 11.9. The summed E-state index contributed by atoms with van der Waals surface area (Å²) in [5, 5.41) is 15.6. The van der Waals surface area contributed by atoms with Crippen LogP contribution >= 0.6 is 11.6 Å². The second kappa shape index (κ2) is 9.19. The Balaban J connectivity index is 1.54. The minimum atomic E-state index is -0.467. The van der Waals surface area contributed by atoms with Gasteiger partial charge in [-0.1, -0.05) is 17.7 Å². The first kappa shape index (κ1) is 21.5. The zero-order valence-electron chi connectivity index (χ0n) is 17.4. The van der Waals surface area contributed by atoms with Crippen molar-refractivity contribution in [3.05, 3.63) is 75.6 Å². The number of piperazine rings is 1. The molecule has 3 aromatic rings. The summed E-state index contributed by atoms with van der Waals surface area (Å²) in [7, 11) is 0. The van der Waals surface area contributed by atoms with E-state index >= 15 is 0 Å². The minimum absolute atomic E-state index is 0.0521. The number of rotatable bonds is 6. The van der Waals surface area contributed by atoms with Gasteiger partial charge in [0, 0.05) is 48.1 Å². The van der Waals surface area contributed by atoms with Gasteiger partial charge in [0.2, 0.25) is 11.6 Å². The molecule has 32 heavy (non-hydrogen) atoms. The summed E-state index contributed by atoms with van der Waals surface area (Å²) < 4.78 is 0. The fourth-order valence-electron chi connectivity index (χ4n) is 3.63. The Hall–Kier alpha value is -3.72. The molecule has 0 spiro atoms. The maximum Gasteiger partial charge on any atom is 0.353 e. The van der Waals surface area contributed by atoms with E-state index in [1.165, 1.54) is 13.3 Å². The Labute approximate surface area is 189 Å². The van der Waals surface area contributed by atoms with Gasteiger partial charge >= 0.3 is 5.69 Å². The third-order valence-electron chi connectivity index (χ3n) is 5.29. The van der Waals surface area contributed by atoms with Gasteiger partial charge in [0.05, 0.1) is 4.92 Å². The molecule has 1 N–H and O–H groups in total. The highest BCUT2D eigenvalue weighted by Crippen LogP contribution is 2.34. The van der Waals surface area contributed by atoms with Gasteiger partial charge in [-0.2, -0.15) is 0 Å². The molecule has 0 amide bonds. The van der Waals surface area contributed by atoms with E-state index in [1.807, 2.05) is 29.2 Å². The van der Waals surface area contributed by atoms with Crippen LogP contribution in [0.2, 0.25) is 5.02 Å². The van der Waals surface area contributed by atoms with E-state index in [-0.39, 0.29) is 23.1 Å². The summed E-state index contributed by atoms with van der Waals surface area (Å²) in [6, 6.07) is 14.3. The fourth-order valence-corrected chi connectivity index (χ4v) is 3.82. The molecule has 9 nitrogen and oxygen atoms in total. The number of hydrogen-bond donors (Lipinski definition) is 1. The average molecular weight is 453 g/mol. The fraction of sp³-hybridized carbons (Fsp3) is 0.227. The number of hydrogen-bond acceptors (Lipinski definition) is 8. The molecule has 1 aliphatic rings. The highest BCUT2D eigenvalue weighted by Gasteiger charge is 2.29. The van der Waals surface area contributed by atoms with Crippen LogP contribution in [-0.2, 0) is 0 Å². The van der Waals surface area contributed by atoms with Crippen LogP contribution in [0, 0.1) is 10.1 Å². The van der Waals surface area contributed by atoms with Crippen molar-refractivity contribution in [2.45, 2.75) is 6.92 Å². The highest BCUT2D eigenvalue weighted by molar-refractivity contribution is 6.30. The Morgan fingerprint density at radius 3 is 2.38 bits per heavy atom. The lowest BCUT2D eigenvalue weighted by molar-refractivity contribution is -0.383. The molecule has 10 heteroatoms. The molecule has 2 aromatic carbocycles. The number of aromatic nitrogens is 2. The van der Waals surface area contributed by atoms with Crippen molar-refractivity contribution >= 4 is 46.1 Å². The largest absolute Gasteiger partial charge is 0.368 e. The lowest BCUT2D eigenvalue weighted by Gasteiger charge is -2.36. The molecule has 0 atom stereocenters. The van der Waals surface area contributed by atoms with Crippen molar-refractivity contribution in [2.24, 2.45) is 0 Å². The molecule has 0 saturated carbocycles. The van der Waals surface area contributed by atoms with Gasteiger partial charge in [-0.25, -0.2) is 9.97 Å². The van der Waals surface area contributed by atoms with E-state index in [0.717, 1.165) is 5.69 Å². The Kier molecular flexibility index (Phi) is 6.18. The number of ketones is 1. The normalized spacial score (nSPS) is 13.7. The Bertz CT molecular complexity index is 1150. The summed E-state index contributed by atoms with van der Waals surface area (Å²) in [6.45, 7) is 3.97. The number of nitro groups is 1. The molecule has 0 radical (unpaired) electrons. The van der Waals surface area contributed by atoms with Gasteiger partial charge in [0.25, 0.3) is 0 Å². The second-order valence-electron chi connectivity index (χ2n) is 7.36. The number of carbonyl (C=O) groups excluding carboxylic acids is 1. The van der Waals surface area contributed by atoms with E-state index in [9.17, 15) is 14.9 Å². The van der Waals surface area contributed by atoms with Crippen LogP contribution in [0.15, 0.2) is 54.9 Å². The predicted molar refractivity (Wildman–Crippen MR) is 124 cm³/mol. The van der Waals surface area contributed by atoms with Gasteiger partial charge in [-0.05, 0) is 49.4 Å². The predicted octanol–water partition coefficient (Wildman–Crippen LogP) is 4.31. The second-order valence-corrected chi connectivity index (χ2v) is 7.80. The minimum Gasteiger partial charge on any atom is -0.368 e. The molecule has 1 fully saturated rings. The van der Waals surface area contributed by atoms with Crippen LogP contribution in [-0.4, -0.2) is 46.9 Å². The summed E-state index contributed by atoms with van der Waals surface area (Å²) >= 11 is 6.10. The molecule has 0 bridgehead atoms. The van der Waals surface area contributed by atoms with Crippen LogP contribution in [0.5, 0.6) is 0 Å². The first-order valence-electron chi connectivity index (χ1n) is 10.1. The molecule has 1 aliphatic heterocycles. The van der Waals surface area contributed by atoms with Crippen molar-refractivity contribution in [3.63, 3.8) is 0 Å². The number of carbonyl (C=O) groups is 1. The van der Waals surface area contributed by atoms with Gasteiger partial charge < -0.3 is 15.1 Å². The maximum atomic E-state index is 11.9. The van der Waals surface area contributed by atoms with Crippen molar-refractivity contribution in [3.8, 4) is 0 Å². The smallest absolute Gasteiger partial charge is 0.353 e. The standard InChI is InChI=1S/C22H21ClN6O3/c1-15(30)16-5-7-18(8-6-16)26-21-20(29(31)32)22(25-14-24-21)28-11-9-27(10-12-28)19-4-2-3-17(23)13-19/h2-8,13-14H,9-12H2,1H3,(H,24,25,26). The molecule has 2 heterocycles. The molecular weight excluding hydrogens is 432 g/mol. The summed E-state index contributed by atoms with van der Waals surface area (Å²) in [5.41, 5.74) is 1.99. The van der Waals surface area contributed by atoms with Crippen molar-refractivity contribution < 1.29 is 9.72 Å². The van der Waals surface area contributed by atoms with Gasteiger partial charge in [0.15, 0.2) is 5.78 Å². The number of Topliss-reactive ketones (excluding diaryl/α,β-unsaturated/α-hetero) is 1. The zero-order chi connectivity index (χ0) is 22.7. The Morgan fingerprint density at radius 1 is 1.06 bits per heavy atom. The number of halogens is 1. The molecule has 164 valence electrons. The number of nitrogens with one attached hydrogen (secondary N) is 1. The quantitative estimate of drug-likeness (QED) is 0.335. The van der Waals surface area contributed by atoms with E-state index in [0.29, 0.717) is 42.5 Å². The van der Waals surface area contributed by atoms with Gasteiger partial charge in [-0.15, -0.1) is 0 Å². The van der Waals surface area contributed by atoms with Crippen molar-refractivity contribution in [1.82, 2.24) is 9.97 Å². The topological polar surface area (TPSA) is 104 Å². The van der Waals surface area contributed by atoms with Crippen LogP contribution in [0.25, 0.3) is 0 Å². The van der Waals surface area contributed by atoms with Crippen LogP contribution in [0.4, 0.5) is 28.7 Å². The van der Waals surface area contributed by atoms with Crippen LogP contribution in [0.3, 0.4) is 0 Å². The van der Waals surface area contributed by atoms with Crippen LogP contribution in [0.1, 0.15) is 17.3 Å². The third kappa shape index (κ3) is 4.62. The summed E-state index contributed by atoms with van der Waals surface area (Å²) in [5.74, 6) is 0.329. The van der Waals surface area contributed by atoms with Crippen LogP contribution < -0.4 is 15.1 Å². The lowest BCUT2D eigenvalue weighted by Crippen LogP contribution is -2.47. The monoisotopic (exact) mass is 452 g/mol. The summed E-state index contributed by atoms with van der Waals surface area (Å²) in [4.78, 5) is 35.3. The lowest BCUT2D eigenvalue weighted by atomic mass is 10.1. The van der Waals surface area contributed by atoms with Gasteiger partial charge in [-0.3, -0.25) is 14.9 Å². The first-order chi connectivity index (χ1) is 15.4. The number of benzene rings is 2. The molecule has 0 unspecified atom stereocenters. The molecule has 4 rings (SSSR count). The Morgan fingerprint density at radius 2 is 1.75 bits per heavy atom. The van der Waals surface area contributed by atoms with E-state index < -0.39 is 4.92 Å². The third-order valence-corrected chi connectivity index (χ3v) is 5.53. The zero-order valence-corrected chi connectivity index (χ0v) is 18.1. The SMILES string of the molecule is CC(=O)c1ccc(Nc2ncnc(N3CCN(c4cccc(Cl)c4)CC3)c2[N+](=O)[O-])cc1. The first-order valence-corrected chi connectivity index (χ1v) is 10.4. The van der Waals surface area contributed by atoms with E-state index in [1.54, 1.807) is 24.3 Å². The summed E-state index contributed by atoms with van der Waals surface area (Å²) in [6.07, 6.45) is 1.32. The van der Waals surface area contributed by atoms with Crippen molar-refractivity contribution in [2.75, 3.05) is 41.3 Å². The average Bonchev–Trinajstić information content (AvgIpc) is 2.79. The van der Waals surface area contributed by atoms with Crippen molar-refractivity contribution in [1.29, 1.82) is 0 Å². The molecular formula is C22H21ClN6O3. The molecule has 0 aliphatic carbocycles.